The molecule has 4 aromatic rings. The summed E-state index contributed by atoms with van der Waals surface area (Å²) < 4.78 is 5.09. The number of nitrogens with one attached hydrogen (secondary N) is 1. The van der Waals surface area contributed by atoms with Gasteiger partial charge < -0.3 is 9.72 Å². The topological polar surface area (TPSA) is 99.8 Å². The summed E-state index contributed by atoms with van der Waals surface area (Å²) in [7, 11) is 1.49. The highest BCUT2D eigenvalue weighted by atomic mass is 16.5. The number of anilines is 1. The highest BCUT2D eigenvalue weighted by Gasteiger charge is 2.46. The van der Waals surface area contributed by atoms with E-state index in [1.165, 1.54) is 19.2 Å². The Balaban J connectivity index is 1.49. The molecule has 3 aromatic carbocycles. The molecule has 0 saturated carbocycles. The SMILES string of the molecule is COc1ccc(N2C(=O)C(=O)N(CC(=O)c3c(-c4ccccc4)[nH]c4ccccc34)C2=O)cc1. The predicted molar refractivity (Wildman–Crippen MR) is 126 cm³/mol. The molecule has 34 heavy (non-hydrogen) atoms. The van der Waals surface area contributed by atoms with E-state index < -0.39 is 30.2 Å². The van der Waals surface area contributed by atoms with Crippen molar-refractivity contribution in [2.75, 3.05) is 18.6 Å². The number of ether oxygens (including phenoxy) is 1. The van der Waals surface area contributed by atoms with Crippen molar-refractivity contribution in [3.05, 3.63) is 84.4 Å². The molecule has 1 aliphatic rings. The standard InChI is InChI=1S/C26H19N3O5/c1-34-18-13-11-17(12-14-18)29-25(32)24(31)28(26(29)33)15-21(30)22-19-9-5-6-10-20(19)27-23(22)16-7-3-2-4-8-16/h2-14,27H,15H2,1H3. The minimum Gasteiger partial charge on any atom is -0.497 e. The van der Waals surface area contributed by atoms with Crippen LogP contribution in [0.25, 0.3) is 22.2 Å². The fraction of sp³-hybridized carbons (Fsp3) is 0.0769. The first-order valence-corrected chi connectivity index (χ1v) is 10.5. The van der Waals surface area contributed by atoms with Gasteiger partial charge >= 0.3 is 17.8 Å². The number of carbonyl (C=O) groups excluding carboxylic acids is 4. The van der Waals surface area contributed by atoms with Crippen LogP contribution < -0.4 is 9.64 Å². The number of hydrogen-bond acceptors (Lipinski definition) is 5. The highest BCUT2D eigenvalue weighted by molar-refractivity contribution is 6.53. The second-order valence-electron chi connectivity index (χ2n) is 7.72. The first-order chi connectivity index (χ1) is 16.5. The predicted octanol–water partition coefficient (Wildman–Crippen LogP) is 4.02. The molecule has 2 heterocycles. The molecule has 0 atom stereocenters. The molecule has 0 aliphatic carbocycles. The van der Waals surface area contributed by atoms with E-state index in [-0.39, 0.29) is 5.69 Å². The van der Waals surface area contributed by atoms with Crippen molar-refractivity contribution in [3.63, 3.8) is 0 Å². The van der Waals surface area contributed by atoms with Gasteiger partial charge in [0.1, 0.15) is 5.75 Å². The molecule has 1 aliphatic heterocycles. The first-order valence-electron chi connectivity index (χ1n) is 10.5. The lowest BCUT2D eigenvalue weighted by Crippen LogP contribution is -2.37. The summed E-state index contributed by atoms with van der Waals surface area (Å²) >= 11 is 0. The molecule has 5 rings (SSSR count). The zero-order valence-corrected chi connectivity index (χ0v) is 18.1. The number of Topliss-reactive ketones (excluding diaryl/α,β-unsaturated/α-hetero) is 1. The van der Waals surface area contributed by atoms with Gasteiger partial charge in [0.05, 0.1) is 30.6 Å². The number of aromatic nitrogens is 1. The lowest BCUT2D eigenvalue weighted by Gasteiger charge is -2.15. The molecule has 0 radical (unpaired) electrons. The number of aromatic amines is 1. The van der Waals surface area contributed by atoms with Crippen LogP contribution in [0.4, 0.5) is 10.5 Å². The lowest BCUT2D eigenvalue weighted by atomic mass is 10.0. The van der Waals surface area contributed by atoms with E-state index >= 15 is 0 Å². The molecule has 4 amide bonds. The Kier molecular flexibility index (Phi) is 5.18. The molecule has 0 spiro atoms. The van der Waals surface area contributed by atoms with Gasteiger partial charge in [-0.25, -0.2) is 14.6 Å². The van der Waals surface area contributed by atoms with E-state index in [0.717, 1.165) is 16.0 Å². The van der Waals surface area contributed by atoms with Crippen LogP contribution in [0.5, 0.6) is 5.75 Å². The number of ketones is 1. The molecule has 8 heteroatoms. The van der Waals surface area contributed by atoms with Crippen molar-refractivity contribution in [1.29, 1.82) is 0 Å². The van der Waals surface area contributed by atoms with Crippen molar-refractivity contribution in [3.8, 4) is 17.0 Å². The van der Waals surface area contributed by atoms with Gasteiger partial charge in [-0.1, -0.05) is 48.5 Å². The van der Waals surface area contributed by atoms with Crippen molar-refractivity contribution >= 4 is 40.2 Å². The Hall–Kier alpha value is -4.72. The largest absolute Gasteiger partial charge is 0.497 e. The van der Waals surface area contributed by atoms with Crippen LogP contribution in [0, 0.1) is 0 Å². The number of H-pyrrole nitrogens is 1. The second kappa shape index (κ2) is 8.32. The van der Waals surface area contributed by atoms with Crippen LogP contribution in [0.15, 0.2) is 78.9 Å². The fourth-order valence-corrected chi connectivity index (χ4v) is 4.08. The molecule has 1 fully saturated rings. The van der Waals surface area contributed by atoms with Crippen LogP contribution in [0.1, 0.15) is 10.4 Å². The molecule has 1 aromatic heterocycles. The number of methoxy groups -OCH3 is 1. The molecule has 1 N–H and O–H groups in total. The molecule has 0 bridgehead atoms. The number of imide groups is 2. The Morgan fingerprint density at radius 3 is 2.24 bits per heavy atom. The van der Waals surface area contributed by atoms with E-state index in [0.29, 0.717) is 27.3 Å². The van der Waals surface area contributed by atoms with E-state index in [4.69, 9.17) is 4.74 Å². The minimum atomic E-state index is -1.05. The summed E-state index contributed by atoms with van der Waals surface area (Å²) in [5.41, 5.74) is 2.70. The molecular formula is C26H19N3O5. The van der Waals surface area contributed by atoms with Gasteiger partial charge in [0, 0.05) is 10.9 Å². The van der Waals surface area contributed by atoms with Crippen molar-refractivity contribution < 1.29 is 23.9 Å². The van der Waals surface area contributed by atoms with Crippen LogP contribution in [0.3, 0.4) is 0 Å². The number of nitrogens with zero attached hydrogens (tertiary/aromatic N) is 2. The molecular weight excluding hydrogens is 434 g/mol. The average molecular weight is 453 g/mol. The number of hydrogen-bond donors (Lipinski definition) is 1. The third kappa shape index (κ3) is 3.41. The Morgan fingerprint density at radius 2 is 1.53 bits per heavy atom. The summed E-state index contributed by atoms with van der Waals surface area (Å²) in [6.45, 7) is -0.558. The summed E-state index contributed by atoms with van der Waals surface area (Å²) in [4.78, 5) is 56.5. The quantitative estimate of drug-likeness (QED) is 0.270. The number of rotatable bonds is 6. The Labute approximate surface area is 194 Å². The second-order valence-corrected chi connectivity index (χ2v) is 7.72. The van der Waals surface area contributed by atoms with Gasteiger partial charge in [0.25, 0.3) is 0 Å². The summed E-state index contributed by atoms with van der Waals surface area (Å²) in [5, 5.41) is 0.670. The fourth-order valence-electron chi connectivity index (χ4n) is 4.08. The average Bonchev–Trinajstić information content (AvgIpc) is 3.36. The van der Waals surface area contributed by atoms with Gasteiger partial charge in [-0.15, -0.1) is 0 Å². The van der Waals surface area contributed by atoms with Crippen LogP contribution in [0.2, 0.25) is 0 Å². The number of para-hydroxylation sites is 1. The first kappa shape index (κ1) is 21.1. The van der Waals surface area contributed by atoms with Crippen LogP contribution in [-0.2, 0) is 9.59 Å². The number of fused-ring (bicyclic) bond motifs is 1. The maximum absolute atomic E-state index is 13.5. The smallest absolute Gasteiger partial charge is 0.339 e. The van der Waals surface area contributed by atoms with Gasteiger partial charge in [-0.3, -0.25) is 14.4 Å². The third-order valence-corrected chi connectivity index (χ3v) is 5.73. The summed E-state index contributed by atoms with van der Waals surface area (Å²) in [6, 6.07) is 21.9. The maximum atomic E-state index is 13.5. The zero-order chi connectivity index (χ0) is 23.8. The molecule has 168 valence electrons. The van der Waals surface area contributed by atoms with Crippen LogP contribution in [-0.4, -0.2) is 47.2 Å². The van der Waals surface area contributed by atoms with Gasteiger partial charge in [0.2, 0.25) is 0 Å². The lowest BCUT2D eigenvalue weighted by molar-refractivity contribution is -0.139. The third-order valence-electron chi connectivity index (χ3n) is 5.73. The van der Waals surface area contributed by atoms with Gasteiger partial charge in [-0.2, -0.15) is 0 Å². The number of carbonyl (C=O) groups is 4. The molecule has 0 unspecified atom stereocenters. The van der Waals surface area contributed by atoms with E-state index in [1.54, 1.807) is 18.2 Å². The van der Waals surface area contributed by atoms with E-state index in [9.17, 15) is 19.2 Å². The van der Waals surface area contributed by atoms with Gasteiger partial charge in [0.15, 0.2) is 5.78 Å². The monoisotopic (exact) mass is 453 g/mol. The number of amides is 4. The van der Waals surface area contributed by atoms with Crippen molar-refractivity contribution in [1.82, 2.24) is 9.88 Å². The van der Waals surface area contributed by atoms with E-state index in [1.807, 2.05) is 48.5 Å². The Bertz CT molecular complexity index is 1440. The normalized spacial score (nSPS) is 13.7. The van der Waals surface area contributed by atoms with Crippen LogP contribution >= 0.6 is 0 Å². The molecule has 8 nitrogen and oxygen atoms in total. The molecule has 1 saturated heterocycles. The van der Waals surface area contributed by atoms with Crippen molar-refractivity contribution in [2.24, 2.45) is 0 Å². The highest BCUT2D eigenvalue weighted by Crippen LogP contribution is 2.32. The Morgan fingerprint density at radius 1 is 0.853 bits per heavy atom. The summed E-state index contributed by atoms with van der Waals surface area (Å²) in [5.74, 6) is -1.98. The zero-order valence-electron chi connectivity index (χ0n) is 18.1. The van der Waals surface area contributed by atoms with Crippen molar-refractivity contribution in [2.45, 2.75) is 0 Å². The summed E-state index contributed by atoms with van der Waals surface area (Å²) in [6.07, 6.45) is 0. The van der Waals surface area contributed by atoms with Gasteiger partial charge in [-0.05, 0) is 35.9 Å². The number of benzene rings is 3. The maximum Gasteiger partial charge on any atom is 0.339 e. The number of urea groups is 1. The minimum absolute atomic E-state index is 0.219. The van der Waals surface area contributed by atoms with E-state index in [2.05, 4.69) is 4.98 Å².